The van der Waals surface area contributed by atoms with E-state index in [0.29, 0.717) is 12.8 Å². The van der Waals surface area contributed by atoms with Crippen molar-refractivity contribution in [2.24, 2.45) is 10.9 Å². The van der Waals surface area contributed by atoms with Crippen molar-refractivity contribution < 1.29 is 19.4 Å². The van der Waals surface area contributed by atoms with Gasteiger partial charge in [0.25, 0.3) is 0 Å². The lowest BCUT2D eigenvalue weighted by Gasteiger charge is -2.30. The number of aliphatic hydroxyl groups is 1. The zero-order chi connectivity index (χ0) is 21.1. The van der Waals surface area contributed by atoms with Crippen LogP contribution in [-0.4, -0.2) is 59.6 Å². The monoisotopic (exact) mass is 463 g/mol. The molecule has 0 saturated carbocycles. The average Bonchev–Trinajstić information content (AvgIpc) is 3.32. The third-order valence-corrected chi connectivity index (χ3v) is 5.84. The van der Waals surface area contributed by atoms with E-state index in [1.54, 1.807) is 4.90 Å². The molecular formula is C21H26BrN3O4. The Morgan fingerprint density at radius 3 is 2.62 bits per heavy atom. The first-order valence-electron chi connectivity index (χ1n) is 9.64. The van der Waals surface area contributed by atoms with E-state index < -0.39 is 18.2 Å². The molecule has 0 bridgehead atoms. The summed E-state index contributed by atoms with van der Waals surface area (Å²) in [5, 5.41) is 12.9. The maximum absolute atomic E-state index is 13.2. The molecule has 1 unspecified atom stereocenters. The highest BCUT2D eigenvalue weighted by molar-refractivity contribution is 9.10. The lowest BCUT2D eigenvalue weighted by atomic mass is 9.97. The number of ether oxygens (including phenoxy) is 1. The fraction of sp³-hybridized carbons (Fsp3) is 0.476. The number of carbonyl (C=O) groups excluding carboxylic acids is 2. The number of aliphatic imine (C=N–C) groups is 1. The minimum Gasteiger partial charge on any atom is -0.453 e. The van der Waals surface area contributed by atoms with Crippen LogP contribution in [-0.2, 0) is 9.53 Å². The number of hydrogen-bond donors (Lipinski definition) is 2. The van der Waals surface area contributed by atoms with Crippen molar-refractivity contribution in [2.45, 2.75) is 44.9 Å². The van der Waals surface area contributed by atoms with E-state index in [4.69, 9.17) is 0 Å². The Bertz CT molecular complexity index is 835. The molecule has 2 amide bonds. The second-order valence-corrected chi connectivity index (χ2v) is 8.63. The SMILES string of the molecule is COC(=O)N[C@H](C(=O)N1CC(O)C[C@H]1C1=NC=C(c2ccc(Br)cc2)C1)C(C)C. The number of allylic oxidation sites excluding steroid dienone is 1. The Hall–Kier alpha value is -2.19. The number of rotatable bonds is 5. The number of nitrogens with one attached hydrogen (secondary N) is 1. The lowest BCUT2D eigenvalue weighted by Crippen LogP contribution is -2.53. The van der Waals surface area contributed by atoms with Gasteiger partial charge in [0.05, 0.1) is 19.3 Å². The molecule has 0 aromatic heterocycles. The van der Waals surface area contributed by atoms with E-state index >= 15 is 0 Å². The number of halogens is 1. The zero-order valence-electron chi connectivity index (χ0n) is 16.8. The molecular weight excluding hydrogens is 438 g/mol. The molecule has 156 valence electrons. The van der Waals surface area contributed by atoms with Crippen LogP contribution in [0.2, 0.25) is 0 Å². The van der Waals surface area contributed by atoms with Gasteiger partial charge in [0.15, 0.2) is 0 Å². The van der Waals surface area contributed by atoms with Crippen LogP contribution >= 0.6 is 15.9 Å². The van der Waals surface area contributed by atoms with Gasteiger partial charge in [-0.1, -0.05) is 41.9 Å². The molecule has 7 nitrogen and oxygen atoms in total. The number of alkyl carbamates (subject to hydrolysis) is 1. The summed E-state index contributed by atoms with van der Waals surface area (Å²) in [5.74, 6) is -0.353. The number of hydrogen-bond acceptors (Lipinski definition) is 5. The Morgan fingerprint density at radius 1 is 1.31 bits per heavy atom. The van der Waals surface area contributed by atoms with Crippen LogP contribution in [0.25, 0.3) is 5.57 Å². The topological polar surface area (TPSA) is 91.2 Å². The van der Waals surface area contributed by atoms with Crippen LogP contribution < -0.4 is 5.32 Å². The van der Waals surface area contributed by atoms with E-state index in [1.165, 1.54) is 7.11 Å². The highest BCUT2D eigenvalue weighted by Crippen LogP contribution is 2.31. The third-order valence-electron chi connectivity index (χ3n) is 5.31. The van der Waals surface area contributed by atoms with E-state index in [0.717, 1.165) is 21.3 Å². The predicted octanol–water partition coefficient (Wildman–Crippen LogP) is 2.98. The van der Waals surface area contributed by atoms with Gasteiger partial charge >= 0.3 is 6.09 Å². The lowest BCUT2D eigenvalue weighted by molar-refractivity contribution is -0.134. The van der Waals surface area contributed by atoms with E-state index in [1.807, 2.05) is 44.3 Å². The smallest absolute Gasteiger partial charge is 0.407 e. The second-order valence-electron chi connectivity index (χ2n) is 7.71. The fourth-order valence-corrected chi connectivity index (χ4v) is 4.01. The average molecular weight is 464 g/mol. The normalized spacial score (nSPS) is 22.3. The van der Waals surface area contributed by atoms with Crippen molar-refractivity contribution in [3.05, 3.63) is 40.5 Å². The first-order valence-corrected chi connectivity index (χ1v) is 10.4. The van der Waals surface area contributed by atoms with Gasteiger partial charge in [-0.05, 0) is 29.2 Å². The Morgan fingerprint density at radius 2 is 2.00 bits per heavy atom. The Kier molecular flexibility index (Phi) is 6.74. The summed E-state index contributed by atoms with van der Waals surface area (Å²) in [4.78, 5) is 31.1. The zero-order valence-corrected chi connectivity index (χ0v) is 18.3. The van der Waals surface area contributed by atoms with Crippen LogP contribution in [0.1, 0.15) is 32.3 Å². The minimum atomic E-state index is -0.726. The molecule has 0 aliphatic carbocycles. The number of likely N-dealkylation sites (tertiary alicyclic amines) is 1. The van der Waals surface area contributed by atoms with Crippen molar-refractivity contribution in [1.82, 2.24) is 10.2 Å². The molecule has 29 heavy (non-hydrogen) atoms. The van der Waals surface area contributed by atoms with Gasteiger partial charge in [-0.3, -0.25) is 9.79 Å². The molecule has 2 N–H and O–H groups in total. The molecule has 1 aromatic carbocycles. The van der Waals surface area contributed by atoms with Gasteiger partial charge in [-0.2, -0.15) is 0 Å². The largest absolute Gasteiger partial charge is 0.453 e. The van der Waals surface area contributed by atoms with E-state index in [2.05, 4.69) is 31.0 Å². The van der Waals surface area contributed by atoms with Crippen molar-refractivity contribution >= 4 is 39.2 Å². The molecule has 1 fully saturated rings. The standard InChI is InChI=1S/C21H26BrN3O4/c1-12(2)19(24-21(28)29-3)20(27)25-11-16(26)9-18(25)17-8-14(10-23-17)13-4-6-15(22)7-5-13/h4-7,10,12,16,18-19,26H,8-9,11H2,1-3H3,(H,24,28)/t16?,18-,19-/m0/s1. The molecule has 3 atom stereocenters. The van der Waals surface area contributed by atoms with Crippen LogP contribution in [0.5, 0.6) is 0 Å². The van der Waals surface area contributed by atoms with Gasteiger partial charge in [0.2, 0.25) is 5.91 Å². The number of amides is 2. The summed E-state index contributed by atoms with van der Waals surface area (Å²) >= 11 is 3.44. The third kappa shape index (κ3) is 4.87. The number of carbonyl (C=O) groups is 2. The molecule has 2 heterocycles. The maximum Gasteiger partial charge on any atom is 0.407 e. The van der Waals surface area contributed by atoms with Crippen LogP contribution in [0, 0.1) is 5.92 Å². The summed E-state index contributed by atoms with van der Waals surface area (Å²) in [6.07, 6.45) is 1.63. The fourth-order valence-electron chi connectivity index (χ4n) is 3.74. The molecule has 1 aromatic rings. The summed E-state index contributed by atoms with van der Waals surface area (Å²) < 4.78 is 5.67. The molecule has 8 heteroatoms. The molecule has 2 aliphatic heterocycles. The number of β-amino-alcohol motifs (C(OH)–C–C–N with tert-alkyl or cyclic N) is 1. The summed E-state index contributed by atoms with van der Waals surface area (Å²) in [5.41, 5.74) is 3.01. The van der Waals surface area contributed by atoms with Crippen molar-refractivity contribution in [3.8, 4) is 0 Å². The molecule has 3 rings (SSSR count). The molecule has 2 aliphatic rings. The van der Waals surface area contributed by atoms with E-state index in [9.17, 15) is 14.7 Å². The molecule has 1 saturated heterocycles. The first-order chi connectivity index (χ1) is 13.8. The molecule has 0 radical (unpaired) electrons. The van der Waals surface area contributed by atoms with Gasteiger partial charge in [0.1, 0.15) is 6.04 Å². The number of benzene rings is 1. The maximum atomic E-state index is 13.2. The predicted molar refractivity (Wildman–Crippen MR) is 114 cm³/mol. The van der Waals surface area contributed by atoms with Crippen LogP contribution in [0.15, 0.2) is 39.9 Å². The van der Waals surface area contributed by atoms with Crippen molar-refractivity contribution in [2.75, 3.05) is 13.7 Å². The van der Waals surface area contributed by atoms with Gasteiger partial charge in [-0.15, -0.1) is 0 Å². The molecule has 0 spiro atoms. The van der Waals surface area contributed by atoms with Crippen LogP contribution in [0.3, 0.4) is 0 Å². The highest BCUT2D eigenvalue weighted by atomic mass is 79.9. The van der Waals surface area contributed by atoms with Gasteiger partial charge in [0, 0.05) is 35.8 Å². The minimum absolute atomic E-state index is 0.123. The first kappa shape index (κ1) is 21.5. The summed E-state index contributed by atoms with van der Waals surface area (Å²) in [7, 11) is 1.27. The number of nitrogens with zero attached hydrogens (tertiary/aromatic N) is 2. The van der Waals surface area contributed by atoms with Crippen molar-refractivity contribution in [3.63, 3.8) is 0 Å². The summed E-state index contributed by atoms with van der Waals surface area (Å²) in [6, 6.07) is 6.99. The number of methoxy groups -OCH3 is 1. The second kappa shape index (κ2) is 9.09. The van der Waals surface area contributed by atoms with E-state index in [-0.39, 0.29) is 24.4 Å². The highest BCUT2D eigenvalue weighted by Gasteiger charge is 2.41. The quantitative estimate of drug-likeness (QED) is 0.701. The van der Waals surface area contributed by atoms with Crippen molar-refractivity contribution in [1.29, 1.82) is 0 Å². The van der Waals surface area contributed by atoms with Gasteiger partial charge < -0.3 is 20.1 Å². The van der Waals surface area contributed by atoms with Crippen LogP contribution in [0.4, 0.5) is 4.79 Å². The Labute approximate surface area is 179 Å². The summed E-state index contributed by atoms with van der Waals surface area (Å²) in [6.45, 7) is 3.95. The van der Waals surface area contributed by atoms with Gasteiger partial charge in [-0.25, -0.2) is 4.79 Å². The Balaban J connectivity index is 1.74. The number of aliphatic hydroxyl groups excluding tert-OH is 1.